The van der Waals surface area contributed by atoms with E-state index in [-0.39, 0.29) is 12.4 Å². The molecular formula is C12H17ClN4. The number of aryl methyl sites for hydroxylation is 1. The third-order valence-electron chi connectivity index (χ3n) is 2.36. The smallest absolute Gasteiger partial charge is 0.0945 e. The molecule has 2 aromatic rings. The van der Waals surface area contributed by atoms with Gasteiger partial charge in [-0.05, 0) is 25.1 Å². The first-order chi connectivity index (χ1) is 7.95. The van der Waals surface area contributed by atoms with Gasteiger partial charge in [0, 0.05) is 31.7 Å². The SMILES string of the molecule is Cl.c1ccc(CNCCCn2ccnc2)nc1. The molecule has 0 aliphatic rings. The van der Waals surface area contributed by atoms with Crippen LogP contribution in [0.25, 0.3) is 0 Å². The molecule has 0 aromatic carbocycles. The van der Waals surface area contributed by atoms with Crippen molar-refractivity contribution in [1.82, 2.24) is 19.9 Å². The van der Waals surface area contributed by atoms with Crippen LogP contribution in [0.3, 0.4) is 0 Å². The molecule has 0 aliphatic heterocycles. The van der Waals surface area contributed by atoms with Crippen LogP contribution in [0.4, 0.5) is 0 Å². The molecule has 0 amide bonds. The number of nitrogens with zero attached hydrogens (tertiary/aromatic N) is 3. The third-order valence-corrected chi connectivity index (χ3v) is 2.36. The quantitative estimate of drug-likeness (QED) is 0.799. The number of aromatic nitrogens is 3. The molecule has 2 heterocycles. The van der Waals surface area contributed by atoms with Crippen LogP contribution in [0.15, 0.2) is 43.1 Å². The van der Waals surface area contributed by atoms with Gasteiger partial charge in [-0.1, -0.05) is 6.07 Å². The van der Waals surface area contributed by atoms with Gasteiger partial charge >= 0.3 is 0 Å². The molecule has 1 N–H and O–H groups in total. The summed E-state index contributed by atoms with van der Waals surface area (Å²) in [5.74, 6) is 0. The lowest BCUT2D eigenvalue weighted by molar-refractivity contribution is 0.577. The molecule has 4 nitrogen and oxygen atoms in total. The number of imidazole rings is 1. The molecule has 0 saturated heterocycles. The summed E-state index contributed by atoms with van der Waals surface area (Å²) in [6.45, 7) is 2.84. The van der Waals surface area contributed by atoms with Crippen LogP contribution in [0.5, 0.6) is 0 Å². The highest BCUT2D eigenvalue weighted by atomic mass is 35.5. The molecule has 17 heavy (non-hydrogen) atoms. The average Bonchev–Trinajstić information content (AvgIpc) is 2.83. The second kappa shape index (κ2) is 7.81. The van der Waals surface area contributed by atoms with Crippen molar-refractivity contribution < 1.29 is 0 Å². The van der Waals surface area contributed by atoms with E-state index in [1.165, 1.54) is 0 Å². The van der Waals surface area contributed by atoms with Crippen molar-refractivity contribution >= 4 is 12.4 Å². The summed E-state index contributed by atoms with van der Waals surface area (Å²) in [5, 5.41) is 3.37. The van der Waals surface area contributed by atoms with Gasteiger partial charge < -0.3 is 9.88 Å². The number of pyridine rings is 1. The van der Waals surface area contributed by atoms with E-state index in [9.17, 15) is 0 Å². The summed E-state index contributed by atoms with van der Waals surface area (Å²) in [6.07, 6.45) is 8.56. The first kappa shape index (κ1) is 13.7. The van der Waals surface area contributed by atoms with E-state index in [0.29, 0.717) is 0 Å². The first-order valence-electron chi connectivity index (χ1n) is 5.51. The van der Waals surface area contributed by atoms with Gasteiger partial charge in [-0.25, -0.2) is 4.98 Å². The van der Waals surface area contributed by atoms with Crippen molar-refractivity contribution in [2.24, 2.45) is 0 Å². The largest absolute Gasteiger partial charge is 0.337 e. The third kappa shape index (κ3) is 4.97. The topological polar surface area (TPSA) is 42.7 Å². The average molecular weight is 253 g/mol. The molecule has 0 saturated carbocycles. The van der Waals surface area contributed by atoms with Crippen molar-refractivity contribution in [2.75, 3.05) is 6.54 Å². The summed E-state index contributed by atoms with van der Waals surface area (Å²) in [7, 11) is 0. The van der Waals surface area contributed by atoms with E-state index in [2.05, 4.69) is 19.9 Å². The van der Waals surface area contributed by atoms with E-state index in [1.807, 2.05) is 36.9 Å². The highest BCUT2D eigenvalue weighted by molar-refractivity contribution is 5.85. The second-order valence-electron chi connectivity index (χ2n) is 3.65. The van der Waals surface area contributed by atoms with Gasteiger partial charge in [-0.15, -0.1) is 12.4 Å². The van der Waals surface area contributed by atoms with Crippen LogP contribution in [0.2, 0.25) is 0 Å². The number of nitrogens with one attached hydrogen (secondary N) is 1. The normalized spacial score (nSPS) is 9.88. The maximum Gasteiger partial charge on any atom is 0.0945 e. The molecule has 0 fully saturated rings. The fourth-order valence-corrected chi connectivity index (χ4v) is 1.52. The molecule has 0 unspecified atom stereocenters. The van der Waals surface area contributed by atoms with E-state index < -0.39 is 0 Å². The van der Waals surface area contributed by atoms with Crippen molar-refractivity contribution in [1.29, 1.82) is 0 Å². The zero-order valence-electron chi connectivity index (χ0n) is 9.62. The predicted octanol–water partition coefficient (Wildman–Crippen LogP) is 1.88. The molecule has 2 aromatic heterocycles. The van der Waals surface area contributed by atoms with Crippen LogP contribution in [-0.4, -0.2) is 21.1 Å². The summed E-state index contributed by atoms with van der Waals surface area (Å²) in [6, 6.07) is 5.97. The Morgan fingerprint density at radius 3 is 2.88 bits per heavy atom. The van der Waals surface area contributed by atoms with E-state index in [4.69, 9.17) is 0 Å². The van der Waals surface area contributed by atoms with Crippen molar-refractivity contribution in [3.8, 4) is 0 Å². The number of halogens is 1. The minimum absolute atomic E-state index is 0. The van der Waals surface area contributed by atoms with E-state index in [1.54, 1.807) is 6.20 Å². The van der Waals surface area contributed by atoms with E-state index >= 15 is 0 Å². The molecule has 5 heteroatoms. The first-order valence-corrected chi connectivity index (χ1v) is 5.51. The number of rotatable bonds is 6. The Hall–Kier alpha value is -1.39. The van der Waals surface area contributed by atoms with Gasteiger partial charge in [-0.3, -0.25) is 4.98 Å². The lowest BCUT2D eigenvalue weighted by Crippen LogP contribution is -2.16. The zero-order chi connectivity index (χ0) is 11.1. The fraction of sp³-hybridized carbons (Fsp3) is 0.333. The molecule has 0 bridgehead atoms. The summed E-state index contributed by atoms with van der Waals surface area (Å²) in [5.41, 5.74) is 1.09. The molecule has 0 radical (unpaired) electrons. The van der Waals surface area contributed by atoms with Crippen LogP contribution in [0.1, 0.15) is 12.1 Å². The Morgan fingerprint density at radius 2 is 2.18 bits per heavy atom. The minimum Gasteiger partial charge on any atom is -0.337 e. The molecule has 92 valence electrons. The molecular weight excluding hydrogens is 236 g/mol. The lowest BCUT2D eigenvalue weighted by atomic mass is 10.3. The monoisotopic (exact) mass is 252 g/mol. The predicted molar refractivity (Wildman–Crippen MR) is 70.0 cm³/mol. The Kier molecular flexibility index (Phi) is 6.29. The standard InChI is InChI=1S/C12H16N4.ClH/c1-2-6-15-12(4-1)10-13-5-3-8-16-9-7-14-11-16;/h1-2,4,6-7,9,11,13H,3,5,8,10H2;1H. The van der Waals surface area contributed by atoms with Gasteiger partial charge in [0.1, 0.15) is 0 Å². The van der Waals surface area contributed by atoms with Crippen molar-refractivity contribution in [3.63, 3.8) is 0 Å². The van der Waals surface area contributed by atoms with Crippen LogP contribution in [0, 0.1) is 0 Å². The lowest BCUT2D eigenvalue weighted by Gasteiger charge is -2.04. The van der Waals surface area contributed by atoms with Crippen LogP contribution < -0.4 is 5.32 Å². The van der Waals surface area contributed by atoms with E-state index in [0.717, 1.165) is 31.7 Å². The van der Waals surface area contributed by atoms with Gasteiger partial charge in [0.05, 0.1) is 12.0 Å². The zero-order valence-corrected chi connectivity index (χ0v) is 10.4. The Balaban J connectivity index is 0.00000144. The molecule has 0 aliphatic carbocycles. The summed E-state index contributed by atoms with van der Waals surface area (Å²) < 4.78 is 2.09. The number of hydrogen-bond acceptors (Lipinski definition) is 3. The molecule has 0 atom stereocenters. The van der Waals surface area contributed by atoms with Crippen LogP contribution in [-0.2, 0) is 13.1 Å². The van der Waals surface area contributed by atoms with Gasteiger partial charge in [0.2, 0.25) is 0 Å². The van der Waals surface area contributed by atoms with Crippen molar-refractivity contribution in [2.45, 2.75) is 19.5 Å². The summed E-state index contributed by atoms with van der Waals surface area (Å²) >= 11 is 0. The minimum atomic E-state index is 0. The fourth-order valence-electron chi connectivity index (χ4n) is 1.52. The van der Waals surface area contributed by atoms with Crippen molar-refractivity contribution in [3.05, 3.63) is 48.8 Å². The molecule has 2 rings (SSSR count). The number of hydrogen-bond donors (Lipinski definition) is 1. The van der Waals surface area contributed by atoms with Gasteiger partial charge in [0.15, 0.2) is 0 Å². The summed E-state index contributed by atoms with van der Waals surface area (Å²) in [4.78, 5) is 8.25. The Labute approximate surface area is 108 Å². The molecule has 0 spiro atoms. The highest BCUT2D eigenvalue weighted by Gasteiger charge is 1.93. The van der Waals surface area contributed by atoms with Gasteiger partial charge in [-0.2, -0.15) is 0 Å². The maximum absolute atomic E-state index is 4.25. The maximum atomic E-state index is 4.25. The second-order valence-corrected chi connectivity index (χ2v) is 3.65. The Morgan fingerprint density at radius 1 is 1.24 bits per heavy atom. The van der Waals surface area contributed by atoms with Crippen LogP contribution >= 0.6 is 12.4 Å². The highest BCUT2D eigenvalue weighted by Crippen LogP contribution is 1.93. The van der Waals surface area contributed by atoms with Gasteiger partial charge in [0.25, 0.3) is 0 Å². The Bertz CT molecular complexity index is 388.